The third kappa shape index (κ3) is 7.59. The summed E-state index contributed by atoms with van der Waals surface area (Å²) >= 11 is 10.9. The van der Waals surface area contributed by atoms with Crippen LogP contribution in [0.1, 0.15) is 30.6 Å². The summed E-state index contributed by atoms with van der Waals surface area (Å²) in [5, 5.41) is 2.81. The van der Waals surface area contributed by atoms with Crippen molar-refractivity contribution in [1.29, 1.82) is 0 Å². The van der Waals surface area contributed by atoms with E-state index in [1.807, 2.05) is 13.8 Å². The van der Waals surface area contributed by atoms with Gasteiger partial charge in [-0.1, -0.05) is 30.7 Å². The summed E-state index contributed by atoms with van der Waals surface area (Å²) in [6, 6.07) is 13.5. The van der Waals surface area contributed by atoms with E-state index in [0.717, 1.165) is 6.42 Å². The highest BCUT2D eigenvalue weighted by Crippen LogP contribution is 2.22. The molecular weight excluding hydrogens is 414 g/mol. The van der Waals surface area contributed by atoms with E-state index < -0.39 is 11.8 Å². The molecule has 7 nitrogen and oxygen atoms in total. The normalized spacial score (nSPS) is 11.1. The molecule has 0 aliphatic carbocycles. The first-order valence-corrected chi connectivity index (χ1v) is 9.72. The lowest BCUT2D eigenvalue weighted by Crippen LogP contribution is -2.49. The zero-order chi connectivity index (χ0) is 21.2. The molecule has 0 radical (unpaired) electrons. The molecule has 0 spiro atoms. The van der Waals surface area contributed by atoms with Crippen LogP contribution in [0.25, 0.3) is 0 Å². The maximum absolute atomic E-state index is 12.2. The Morgan fingerprint density at radius 1 is 1.10 bits per heavy atom. The van der Waals surface area contributed by atoms with Crippen LogP contribution < -0.4 is 25.6 Å². The van der Waals surface area contributed by atoms with Crippen molar-refractivity contribution in [3.63, 3.8) is 0 Å². The lowest BCUT2D eigenvalue weighted by Gasteiger charge is -2.13. The van der Waals surface area contributed by atoms with Gasteiger partial charge in [0.15, 0.2) is 11.7 Å². The molecular formula is C20H22ClN3O4S. The zero-order valence-corrected chi connectivity index (χ0v) is 17.6. The quantitative estimate of drug-likeness (QED) is 0.457. The Kier molecular flexibility index (Phi) is 8.69. The SMILES string of the molecule is CCC(C)Oc1ccc(C(=O)NC(=S)NNC(=O)COc2ccccc2Cl)cc1. The molecule has 9 heteroatoms. The number of carbonyl (C=O) groups excluding carboxylic acids is 2. The van der Waals surface area contributed by atoms with Crippen LogP contribution in [0.5, 0.6) is 11.5 Å². The number of rotatable bonds is 7. The average molecular weight is 436 g/mol. The summed E-state index contributed by atoms with van der Waals surface area (Å²) < 4.78 is 11.0. The standard InChI is InChI=1S/C20H22ClN3O4S/c1-3-13(2)28-15-10-8-14(9-11-15)19(26)22-20(29)24-23-18(25)12-27-17-7-5-4-6-16(17)21/h4-11,13H,3,12H2,1-2H3,(H,23,25)(H2,22,24,26,29). The highest BCUT2D eigenvalue weighted by Gasteiger charge is 2.10. The van der Waals surface area contributed by atoms with Gasteiger partial charge in [0.25, 0.3) is 11.8 Å². The minimum absolute atomic E-state index is 0.0546. The number of hydrogen-bond acceptors (Lipinski definition) is 5. The molecule has 2 aromatic rings. The summed E-state index contributed by atoms with van der Waals surface area (Å²) in [7, 11) is 0. The van der Waals surface area contributed by atoms with Crippen LogP contribution in [-0.2, 0) is 4.79 Å². The second kappa shape index (κ2) is 11.2. The predicted octanol–water partition coefficient (Wildman–Crippen LogP) is 3.23. The Morgan fingerprint density at radius 3 is 2.45 bits per heavy atom. The van der Waals surface area contributed by atoms with Crippen molar-refractivity contribution in [2.24, 2.45) is 0 Å². The van der Waals surface area contributed by atoms with Gasteiger partial charge in [0, 0.05) is 5.56 Å². The van der Waals surface area contributed by atoms with Crippen molar-refractivity contribution < 1.29 is 19.1 Å². The molecule has 0 aromatic heterocycles. The number of benzene rings is 2. The van der Waals surface area contributed by atoms with Crippen molar-refractivity contribution in [1.82, 2.24) is 16.2 Å². The molecule has 29 heavy (non-hydrogen) atoms. The van der Waals surface area contributed by atoms with Gasteiger partial charge in [0.2, 0.25) is 0 Å². The first-order chi connectivity index (χ1) is 13.9. The summed E-state index contributed by atoms with van der Waals surface area (Å²) in [5.74, 6) is 0.163. The fraction of sp³-hybridized carbons (Fsp3) is 0.250. The van der Waals surface area contributed by atoms with E-state index in [1.54, 1.807) is 48.5 Å². The molecule has 0 fully saturated rings. The van der Waals surface area contributed by atoms with E-state index in [0.29, 0.717) is 22.1 Å². The number of carbonyl (C=O) groups is 2. The van der Waals surface area contributed by atoms with Gasteiger partial charge in [-0.15, -0.1) is 0 Å². The summed E-state index contributed by atoms with van der Waals surface area (Å²) in [4.78, 5) is 24.0. The van der Waals surface area contributed by atoms with Gasteiger partial charge >= 0.3 is 0 Å². The first-order valence-electron chi connectivity index (χ1n) is 8.93. The number of halogens is 1. The van der Waals surface area contributed by atoms with Crippen molar-refractivity contribution in [3.8, 4) is 11.5 Å². The predicted molar refractivity (Wildman–Crippen MR) is 115 cm³/mol. The van der Waals surface area contributed by atoms with Crippen LogP contribution in [0.4, 0.5) is 0 Å². The second-order valence-corrected chi connectivity index (χ2v) is 6.85. The largest absolute Gasteiger partial charge is 0.491 e. The molecule has 3 N–H and O–H groups in total. The number of hydrazine groups is 1. The smallest absolute Gasteiger partial charge is 0.276 e. The van der Waals surface area contributed by atoms with Crippen LogP contribution in [0.3, 0.4) is 0 Å². The molecule has 0 saturated carbocycles. The Balaban J connectivity index is 1.74. The number of ether oxygens (including phenoxy) is 2. The van der Waals surface area contributed by atoms with Gasteiger partial charge < -0.3 is 9.47 Å². The molecule has 2 aromatic carbocycles. The fourth-order valence-electron chi connectivity index (χ4n) is 2.07. The third-order valence-corrected chi connectivity index (χ3v) is 4.28. The molecule has 154 valence electrons. The molecule has 1 atom stereocenters. The van der Waals surface area contributed by atoms with Gasteiger partial charge in [0.05, 0.1) is 11.1 Å². The van der Waals surface area contributed by atoms with Gasteiger partial charge in [-0.05, 0) is 62.0 Å². The van der Waals surface area contributed by atoms with Crippen LogP contribution in [-0.4, -0.2) is 29.6 Å². The summed E-state index contributed by atoms with van der Waals surface area (Å²) in [6.45, 7) is 3.73. The molecule has 2 rings (SSSR count). The van der Waals surface area contributed by atoms with Crippen LogP contribution in [0.2, 0.25) is 5.02 Å². The van der Waals surface area contributed by atoms with Crippen molar-refractivity contribution in [3.05, 3.63) is 59.1 Å². The number of nitrogens with one attached hydrogen (secondary N) is 3. The van der Waals surface area contributed by atoms with E-state index in [2.05, 4.69) is 16.2 Å². The Hall–Kier alpha value is -2.84. The van der Waals surface area contributed by atoms with Crippen molar-refractivity contribution in [2.45, 2.75) is 26.4 Å². The minimum Gasteiger partial charge on any atom is -0.491 e. The first kappa shape index (κ1) is 22.4. The maximum Gasteiger partial charge on any atom is 0.276 e. The fourth-order valence-corrected chi connectivity index (χ4v) is 2.41. The number of hydrogen-bond donors (Lipinski definition) is 3. The Morgan fingerprint density at radius 2 is 1.79 bits per heavy atom. The molecule has 0 aliphatic rings. The molecule has 0 saturated heterocycles. The lowest BCUT2D eigenvalue weighted by molar-refractivity contribution is -0.123. The highest BCUT2D eigenvalue weighted by atomic mass is 35.5. The average Bonchev–Trinajstić information content (AvgIpc) is 2.72. The summed E-state index contributed by atoms with van der Waals surface area (Å²) in [5.41, 5.74) is 5.18. The Bertz CT molecular complexity index is 861. The molecule has 2 amide bonds. The molecule has 0 bridgehead atoms. The van der Waals surface area contributed by atoms with E-state index >= 15 is 0 Å². The van der Waals surface area contributed by atoms with E-state index in [9.17, 15) is 9.59 Å². The van der Waals surface area contributed by atoms with Gasteiger partial charge in [0.1, 0.15) is 11.5 Å². The van der Waals surface area contributed by atoms with Crippen LogP contribution >= 0.6 is 23.8 Å². The highest BCUT2D eigenvalue weighted by molar-refractivity contribution is 7.80. The van der Waals surface area contributed by atoms with E-state index in [-0.39, 0.29) is 17.8 Å². The molecule has 1 unspecified atom stereocenters. The van der Waals surface area contributed by atoms with E-state index in [1.165, 1.54) is 0 Å². The number of amides is 2. The summed E-state index contributed by atoms with van der Waals surface area (Å²) in [6.07, 6.45) is 0.981. The topological polar surface area (TPSA) is 88.7 Å². The van der Waals surface area contributed by atoms with Crippen LogP contribution in [0.15, 0.2) is 48.5 Å². The van der Waals surface area contributed by atoms with Crippen LogP contribution in [0, 0.1) is 0 Å². The molecule has 0 aliphatic heterocycles. The maximum atomic E-state index is 12.2. The van der Waals surface area contributed by atoms with Crippen molar-refractivity contribution in [2.75, 3.05) is 6.61 Å². The lowest BCUT2D eigenvalue weighted by atomic mass is 10.2. The van der Waals surface area contributed by atoms with Gasteiger partial charge in [-0.2, -0.15) is 0 Å². The Labute approximate surface area is 179 Å². The van der Waals surface area contributed by atoms with Crippen molar-refractivity contribution >= 4 is 40.7 Å². The number of thiocarbonyl (C=S) groups is 1. The van der Waals surface area contributed by atoms with E-state index in [4.69, 9.17) is 33.3 Å². The zero-order valence-electron chi connectivity index (χ0n) is 16.0. The molecule has 0 heterocycles. The second-order valence-electron chi connectivity index (χ2n) is 6.04. The monoisotopic (exact) mass is 435 g/mol. The number of para-hydroxylation sites is 1. The minimum atomic E-state index is -0.493. The third-order valence-electron chi connectivity index (χ3n) is 3.77. The van der Waals surface area contributed by atoms with Gasteiger partial charge in [-0.3, -0.25) is 25.8 Å². The van der Waals surface area contributed by atoms with Gasteiger partial charge in [-0.25, -0.2) is 0 Å².